The molecule has 1 N–H and O–H groups in total. The molecule has 0 saturated heterocycles. The Morgan fingerprint density at radius 3 is 2.10 bits per heavy atom. The van der Waals surface area contributed by atoms with Gasteiger partial charge < -0.3 is 14.8 Å². The zero-order valence-electron chi connectivity index (χ0n) is 14.4. The molecular weight excluding hydrogens is 286 g/mol. The van der Waals surface area contributed by atoms with Crippen LogP contribution in [0, 0.1) is 5.41 Å². The Kier molecular flexibility index (Phi) is 7.55. The van der Waals surface area contributed by atoms with Gasteiger partial charge in [-0.15, -0.1) is 12.4 Å². The van der Waals surface area contributed by atoms with Crippen molar-refractivity contribution in [3.05, 3.63) is 23.8 Å². The Labute approximate surface area is 135 Å². The van der Waals surface area contributed by atoms with Gasteiger partial charge in [0.1, 0.15) is 0 Å². The van der Waals surface area contributed by atoms with E-state index in [-0.39, 0.29) is 17.9 Å². The Morgan fingerprint density at radius 2 is 1.62 bits per heavy atom. The van der Waals surface area contributed by atoms with E-state index in [0.29, 0.717) is 5.41 Å². The molecule has 21 heavy (non-hydrogen) atoms. The molecule has 1 aromatic carbocycles. The van der Waals surface area contributed by atoms with Gasteiger partial charge in [-0.1, -0.05) is 32.9 Å². The number of para-hydroxylation sites is 1. The third-order valence-corrected chi connectivity index (χ3v) is 3.21. The minimum absolute atomic E-state index is 0. The van der Waals surface area contributed by atoms with Crippen LogP contribution in [0.1, 0.15) is 46.6 Å². The topological polar surface area (TPSA) is 30.5 Å². The van der Waals surface area contributed by atoms with Crippen molar-refractivity contribution in [2.45, 2.75) is 53.1 Å². The molecule has 0 spiro atoms. The second kappa shape index (κ2) is 7.90. The van der Waals surface area contributed by atoms with Crippen LogP contribution in [0.4, 0.5) is 0 Å². The van der Waals surface area contributed by atoms with E-state index in [4.69, 9.17) is 9.47 Å². The fraction of sp³-hybridized carbons (Fsp3) is 0.647. The normalized spacial score (nSPS) is 11.8. The first-order valence-electron chi connectivity index (χ1n) is 7.13. The van der Waals surface area contributed by atoms with Crippen molar-refractivity contribution < 1.29 is 9.47 Å². The fourth-order valence-electron chi connectivity index (χ4n) is 2.82. The number of rotatable bonds is 6. The average molecular weight is 316 g/mol. The molecule has 0 aliphatic heterocycles. The zero-order valence-corrected chi connectivity index (χ0v) is 15.2. The maximum atomic E-state index is 5.47. The van der Waals surface area contributed by atoms with Crippen LogP contribution in [-0.2, 0) is 6.54 Å². The maximum absolute atomic E-state index is 5.47. The zero-order chi connectivity index (χ0) is 15.4. The van der Waals surface area contributed by atoms with Gasteiger partial charge in [-0.25, -0.2) is 0 Å². The van der Waals surface area contributed by atoms with Gasteiger partial charge in [0.2, 0.25) is 0 Å². The van der Waals surface area contributed by atoms with E-state index in [9.17, 15) is 0 Å². The molecule has 1 rings (SSSR count). The third-order valence-electron chi connectivity index (χ3n) is 3.21. The number of benzene rings is 1. The summed E-state index contributed by atoms with van der Waals surface area (Å²) in [6.45, 7) is 12.0. The minimum atomic E-state index is 0. The van der Waals surface area contributed by atoms with Gasteiger partial charge in [0.25, 0.3) is 0 Å². The predicted octanol–water partition coefficient (Wildman–Crippen LogP) is 4.43. The van der Waals surface area contributed by atoms with E-state index in [1.165, 1.54) is 0 Å². The lowest BCUT2D eigenvalue weighted by molar-refractivity contribution is 0.239. The number of hydrogen-bond acceptors (Lipinski definition) is 3. The molecule has 0 aliphatic carbocycles. The summed E-state index contributed by atoms with van der Waals surface area (Å²) in [7, 11) is 3.35. The minimum Gasteiger partial charge on any atom is -0.493 e. The Bertz CT molecular complexity index is 439. The number of ether oxygens (including phenoxy) is 2. The molecule has 0 radical (unpaired) electrons. The molecule has 1 aromatic rings. The molecule has 0 amide bonds. The highest BCUT2D eigenvalue weighted by Gasteiger charge is 2.25. The average Bonchev–Trinajstić information content (AvgIpc) is 2.32. The molecule has 0 unspecified atom stereocenters. The smallest absolute Gasteiger partial charge is 0.165 e. The second-order valence-electron chi connectivity index (χ2n) is 7.13. The summed E-state index contributed by atoms with van der Waals surface area (Å²) in [6, 6.07) is 5.99. The molecule has 0 aromatic heterocycles. The standard InChI is InChI=1S/C17H29NO2.ClH/c1-16(2,3)12-17(4,5)18-11-13-9-8-10-14(19-6)15(13)20-7;/h8-10,18H,11-12H2,1-7H3;1H. The highest BCUT2D eigenvalue weighted by atomic mass is 35.5. The van der Waals surface area contributed by atoms with Gasteiger partial charge in [-0.2, -0.15) is 0 Å². The monoisotopic (exact) mass is 315 g/mol. The summed E-state index contributed by atoms with van der Waals surface area (Å²) < 4.78 is 10.8. The van der Waals surface area contributed by atoms with Gasteiger partial charge in [-0.3, -0.25) is 0 Å². The highest BCUT2D eigenvalue weighted by molar-refractivity contribution is 5.85. The number of methoxy groups -OCH3 is 2. The van der Waals surface area contributed by atoms with Crippen molar-refractivity contribution in [3.8, 4) is 11.5 Å². The third kappa shape index (κ3) is 6.58. The molecule has 0 bridgehead atoms. The largest absolute Gasteiger partial charge is 0.493 e. The van der Waals surface area contributed by atoms with Crippen LogP contribution in [0.2, 0.25) is 0 Å². The first-order chi connectivity index (χ1) is 9.18. The van der Waals surface area contributed by atoms with E-state index in [1.54, 1.807) is 14.2 Å². The number of nitrogens with one attached hydrogen (secondary N) is 1. The Hall–Kier alpha value is -0.930. The van der Waals surface area contributed by atoms with Crippen molar-refractivity contribution in [2.75, 3.05) is 14.2 Å². The summed E-state index contributed by atoms with van der Waals surface area (Å²) in [5.74, 6) is 1.59. The van der Waals surface area contributed by atoms with Gasteiger partial charge in [0.05, 0.1) is 14.2 Å². The molecule has 122 valence electrons. The summed E-state index contributed by atoms with van der Waals surface area (Å²) >= 11 is 0. The van der Waals surface area contributed by atoms with Crippen LogP contribution in [0.15, 0.2) is 18.2 Å². The van der Waals surface area contributed by atoms with Crippen LogP contribution in [0.5, 0.6) is 11.5 Å². The van der Waals surface area contributed by atoms with Crippen molar-refractivity contribution in [3.63, 3.8) is 0 Å². The summed E-state index contributed by atoms with van der Waals surface area (Å²) in [4.78, 5) is 0. The van der Waals surface area contributed by atoms with Crippen LogP contribution in [-0.4, -0.2) is 19.8 Å². The quantitative estimate of drug-likeness (QED) is 0.842. The van der Waals surface area contributed by atoms with Gasteiger partial charge in [0.15, 0.2) is 11.5 Å². The van der Waals surface area contributed by atoms with Gasteiger partial charge in [0, 0.05) is 17.6 Å². The molecule has 0 saturated carbocycles. The molecular formula is C17H30ClNO2. The van der Waals surface area contributed by atoms with E-state index in [0.717, 1.165) is 30.0 Å². The molecule has 0 heterocycles. The Morgan fingerprint density at radius 1 is 1.00 bits per heavy atom. The van der Waals surface area contributed by atoms with E-state index < -0.39 is 0 Å². The molecule has 4 heteroatoms. The first-order valence-corrected chi connectivity index (χ1v) is 7.13. The molecule has 0 fully saturated rings. The number of halogens is 1. The summed E-state index contributed by atoms with van der Waals surface area (Å²) in [6.07, 6.45) is 1.10. The van der Waals surface area contributed by atoms with Crippen LogP contribution in [0.3, 0.4) is 0 Å². The van der Waals surface area contributed by atoms with Gasteiger partial charge in [-0.05, 0) is 31.7 Å². The van der Waals surface area contributed by atoms with Crippen molar-refractivity contribution in [1.82, 2.24) is 5.32 Å². The van der Waals surface area contributed by atoms with E-state index in [1.807, 2.05) is 12.1 Å². The second-order valence-corrected chi connectivity index (χ2v) is 7.13. The lowest BCUT2D eigenvalue weighted by Crippen LogP contribution is -2.41. The highest BCUT2D eigenvalue weighted by Crippen LogP contribution is 2.32. The molecule has 3 nitrogen and oxygen atoms in total. The van der Waals surface area contributed by atoms with Crippen LogP contribution < -0.4 is 14.8 Å². The molecule has 0 aliphatic rings. The lowest BCUT2D eigenvalue weighted by atomic mass is 9.82. The van der Waals surface area contributed by atoms with Crippen molar-refractivity contribution in [1.29, 1.82) is 0 Å². The maximum Gasteiger partial charge on any atom is 0.165 e. The summed E-state index contributed by atoms with van der Waals surface area (Å²) in [5, 5.41) is 3.62. The van der Waals surface area contributed by atoms with Crippen LogP contribution >= 0.6 is 12.4 Å². The lowest BCUT2D eigenvalue weighted by Gasteiger charge is -2.33. The first kappa shape index (κ1) is 20.1. The molecule has 0 atom stereocenters. The van der Waals surface area contributed by atoms with Gasteiger partial charge >= 0.3 is 0 Å². The van der Waals surface area contributed by atoms with E-state index >= 15 is 0 Å². The Balaban J connectivity index is 0.00000400. The van der Waals surface area contributed by atoms with E-state index in [2.05, 4.69) is 46.0 Å². The van der Waals surface area contributed by atoms with Crippen molar-refractivity contribution >= 4 is 12.4 Å². The summed E-state index contributed by atoms with van der Waals surface area (Å²) in [5.41, 5.74) is 1.50. The predicted molar refractivity (Wildman–Crippen MR) is 91.8 cm³/mol. The van der Waals surface area contributed by atoms with Crippen molar-refractivity contribution in [2.24, 2.45) is 5.41 Å². The van der Waals surface area contributed by atoms with Crippen LogP contribution in [0.25, 0.3) is 0 Å². The SMILES string of the molecule is COc1cccc(CNC(C)(C)CC(C)(C)C)c1OC.Cl. The number of hydrogen-bond donors (Lipinski definition) is 1. The fourth-order valence-corrected chi connectivity index (χ4v) is 2.82.